The topological polar surface area (TPSA) is 68.8 Å². The van der Waals surface area contributed by atoms with Crippen LogP contribution in [0.2, 0.25) is 10.0 Å². The molecule has 0 amide bonds. The van der Waals surface area contributed by atoms with Gasteiger partial charge in [-0.2, -0.15) is 0 Å². The zero-order valence-electron chi connectivity index (χ0n) is 17.1. The number of halogens is 2. The van der Waals surface area contributed by atoms with Gasteiger partial charge in [0.2, 0.25) is 5.56 Å². The van der Waals surface area contributed by atoms with Crippen molar-refractivity contribution in [1.29, 1.82) is 0 Å². The molecule has 0 atom stereocenters. The summed E-state index contributed by atoms with van der Waals surface area (Å²) in [6.45, 7) is 5.30. The molecule has 164 valence electrons. The summed E-state index contributed by atoms with van der Waals surface area (Å²) in [7, 11) is 0. The number of H-pyrrole nitrogens is 1. The zero-order valence-corrected chi connectivity index (χ0v) is 18.6. The fourth-order valence-electron chi connectivity index (χ4n) is 3.83. The number of phenolic OH excluding ortho intramolecular Hbond substituents is 1. The summed E-state index contributed by atoms with van der Waals surface area (Å²) in [5, 5.41) is 11.3. The highest BCUT2D eigenvalue weighted by atomic mass is 35.5. The number of nitrogens with one attached hydrogen (secondary N) is 1. The first kappa shape index (κ1) is 21.8. The van der Waals surface area contributed by atoms with E-state index in [0.717, 1.165) is 67.9 Å². The van der Waals surface area contributed by atoms with Gasteiger partial charge in [-0.3, -0.25) is 9.69 Å². The normalized spacial score (nSPS) is 14.8. The number of hydrogen-bond acceptors (Lipinski definition) is 5. The highest BCUT2D eigenvalue weighted by molar-refractivity contribution is 6.44. The van der Waals surface area contributed by atoms with Crippen LogP contribution in [0, 0.1) is 0 Å². The number of aromatic amines is 1. The molecule has 0 radical (unpaired) electrons. The first-order valence-electron chi connectivity index (χ1n) is 10.4. The number of anilines is 1. The second-order valence-electron chi connectivity index (χ2n) is 7.69. The number of hydrogen-bond donors (Lipinski definition) is 2. The number of phenols is 1. The number of pyridine rings is 1. The molecule has 2 heterocycles. The van der Waals surface area contributed by atoms with Crippen LogP contribution in [0.1, 0.15) is 12.8 Å². The van der Waals surface area contributed by atoms with Crippen molar-refractivity contribution < 1.29 is 9.84 Å². The molecule has 8 heteroatoms. The second-order valence-corrected chi connectivity index (χ2v) is 8.44. The Bertz CT molecular complexity index is 1110. The predicted molar refractivity (Wildman–Crippen MR) is 126 cm³/mol. The van der Waals surface area contributed by atoms with Crippen LogP contribution in [0.15, 0.2) is 47.3 Å². The van der Waals surface area contributed by atoms with E-state index in [9.17, 15) is 9.90 Å². The number of fused-ring (bicyclic) bond motifs is 1. The molecular formula is C23H25Cl2N3O3. The highest BCUT2D eigenvalue weighted by Gasteiger charge is 2.20. The molecule has 3 aromatic rings. The molecule has 31 heavy (non-hydrogen) atoms. The van der Waals surface area contributed by atoms with Gasteiger partial charge in [0.15, 0.2) is 0 Å². The number of rotatable bonds is 7. The van der Waals surface area contributed by atoms with E-state index >= 15 is 0 Å². The van der Waals surface area contributed by atoms with Crippen LogP contribution < -0.4 is 15.2 Å². The Morgan fingerprint density at radius 3 is 2.55 bits per heavy atom. The molecule has 4 rings (SSSR count). The first-order chi connectivity index (χ1) is 15.0. The van der Waals surface area contributed by atoms with Gasteiger partial charge in [-0.25, -0.2) is 0 Å². The Kier molecular flexibility index (Phi) is 6.90. The van der Waals surface area contributed by atoms with Crippen molar-refractivity contribution >= 4 is 39.8 Å². The van der Waals surface area contributed by atoms with Crippen LogP contribution in [-0.4, -0.2) is 54.3 Å². The van der Waals surface area contributed by atoms with E-state index in [1.807, 2.05) is 30.3 Å². The fraction of sp³-hybridized carbons (Fsp3) is 0.348. The van der Waals surface area contributed by atoms with Crippen molar-refractivity contribution in [2.45, 2.75) is 12.8 Å². The van der Waals surface area contributed by atoms with Crippen LogP contribution in [0.3, 0.4) is 0 Å². The van der Waals surface area contributed by atoms with Gasteiger partial charge in [-0.05, 0) is 55.1 Å². The SMILES string of the molecule is O=c1ccc2ccc(OCCCCN3CCN(c4ccc(O)c(Cl)c4Cl)CC3)cc2[nH]1. The number of unbranched alkanes of at least 4 members (excludes halogenated alkanes) is 1. The third-order valence-corrected chi connectivity index (χ3v) is 6.45. The van der Waals surface area contributed by atoms with E-state index in [2.05, 4.69) is 14.8 Å². The Balaban J connectivity index is 1.19. The van der Waals surface area contributed by atoms with Crippen molar-refractivity contribution in [3.63, 3.8) is 0 Å². The molecule has 0 spiro atoms. The molecule has 1 saturated heterocycles. The molecule has 2 aromatic carbocycles. The number of benzene rings is 2. The van der Waals surface area contributed by atoms with Gasteiger partial charge in [-0.1, -0.05) is 23.2 Å². The van der Waals surface area contributed by atoms with Gasteiger partial charge in [0, 0.05) is 38.3 Å². The lowest BCUT2D eigenvalue weighted by atomic mass is 10.2. The summed E-state index contributed by atoms with van der Waals surface area (Å²) in [4.78, 5) is 18.9. The summed E-state index contributed by atoms with van der Waals surface area (Å²) in [6, 6.07) is 12.5. The van der Waals surface area contributed by atoms with Gasteiger partial charge in [0.25, 0.3) is 0 Å². The monoisotopic (exact) mass is 461 g/mol. The lowest BCUT2D eigenvalue weighted by Gasteiger charge is -2.36. The minimum absolute atomic E-state index is 0.00764. The molecule has 0 aliphatic carbocycles. The third kappa shape index (κ3) is 5.26. The maximum absolute atomic E-state index is 11.5. The highest BCUT2D eigenvalue weighted by Crippen LogP contribution is 2.38. The smallest absolute Gasteiger partial charge is 0.248 e. The van der Waals surface area contributed by atoms with E-state index in [0.29, 0.717) is 11.6 Å². The minimum Gasteiger partial charge on any atom is -0.506 e. The molecule has 1 aliphatic heterocycles. The first-order valence-corrected chi connectivity index (χ1v) is 11.2. The Hall–Kier alpha value is -2.41. The number of ether oxygens (including phenoxy) is 1. The summed E-state index contributed by atoms with van der Waals surface area (Å²) >= 11 is 12.4. The van der Waals surface area contributed by atoms with Gasteiger partial charge < -0.3 is 19.7 Å². The quantitative estimate of drug-likeness (QED) is 0.506. The van der Waals surface area contributed by atoms with Gasteiger partial charge in [0.05, 0.1) is 22.8 Å². The standard InChI is InChI=1S/C23H25Cl2N3O3/c24-22-19(6-7-20(29)23(22)25)28-12-10-27(11-13-28)9-1-2-14-31-17-5-3-16-4-8-21(30)26-18(16)15-17/h3-8,15,29H,1-2,9-14H2,(H,26,30). The summed E-state index contributed by atoms with van der Waals surface area (Å²) < 4.78 is 5.86. The lowest BCUT2D eigenvalue weighted by molar-refractivity contribution is 0.238. The van der Waals surface area contributed by atoms with E-state index in [-0.39, 0.29) is 16.3 Å². The summed E-state index contributed by atoms with van der Waals surface area (Å²) in [6.07, 6.45) is 2.01. The maximum atomic E-state index is 11.5. The number of nitrogens with zero attached hydrogens (tertiary/aromatic N) is 2. The van der Waals surface area contributed by atoms with Crippen molar-refractivity contribution in [3.05, 3.63) is 62.9 Å². The Morgan fingerprint density at radius 1 is 0.968 bits per heavy atom. The van der Waals surface area contributed by atoms with Crippen molar-refractivity contribution in [2.75, 3.05) is 44.2 Å². The molecule has 0 bridgehead atoms. The molecule has 0 unspecified atom stereocenters. The van der Waals surface area contributed by atoms with Gasteiger partial charge >= 0.3 is 0 Å². The number of piperazine rings is 1. The molecule has 1 aromatic heterocycles. The van der Waals surface area contributed by atoms with Crippen LogP contribution in [-0.2, 0) is 0 Å². The maximum Gasteiger partial charge on any atom is 0.248 e. The predicted octanol–water partition coefficient (Wildman–Crippen LogP) is 4.52. The number of aromatic hydroxyl groups is 1. The van der Waals surface area contributed by atoms with Crippen molar-refractivity contribution in [3.8, 4) is 11.5 Å². The van der Waals surface area contributed by atoms with Gasteiger partial charge in [-0.15, -0.1) is 0 Å². The molecule has 1 aliphatic rings. The number of aromatic nitrogens is 1. The van der Waals surface area contributed by atoms with E-state index in [1.165, 1.54) is 6.07 Å². The van der Waals surface area contributed by atoms with Crippen LogP contribution in [0.25, 0.3) is 10.9 Å². The largest absolute Gasteiger partial charge is 0.506 e. The van der Waals surface area contributed by atoms with E-state index in [1.54, 1.807) is 6.07 Å². The van der Waals surface area contributed by atoms with Crippen LogP contribution in [0.4, 0.5) is 5.69 Å². The molecule has 2 N–H and O–H groups in total. The summed E-state index contributed by atoms with van der Waals surface area (Å²) in [5.41, 5.74) is 1.55. The van der Waals surface area contributed by atoms with Crippen LogP contribution in [0.5, 0.6) is 11.5 Å². The zero-order chi connectivity index (χ0) is 21.8. The summed E-state index contributed by atoms with van der Waals surface area (Å²) in [5.74, 6) is 0.778. The average molecular weight is 462 g/mol. The van der Waals surface area contributed by atoms with Crippen molar-refractivity contribution in [1.82, 2.24) is 9.88 Å². The Labute approximate surface area is 190 Å². The fourth-order valence-corrected chi connectivity index (χ4v) is 4.27. The van der Waals surface area contributed by atoms with Crippen molar-refractivity contribution in [2.24, 2.45) is 0 Å². The minimum atomic E-state index is -0.111. The Morgan fingerprint density at radius 2 is 1.74 bits per heavy atom. The molecular weight excluding hydrogens is 437 g/mol. The third-order valence-electron chi connectivity index (χ3n) is 5.59. The van der Waals surface area contributed by atoms with E-state index in [4.69, 9.17) is 27.9 Å². The average Bonchev–Trinajstić information content (AvgIpc) is 2.78. The van der Waals surface area contributed by atoms with Crippen LogP contribution >= 0.6 is 23.2 Å². The van der Waals surface area contributed by atoms with E-state index < -0.39 is 0 Å². The lowest BCUT2D eigenvalue weighted by Crippen LogP contribution is -2.46. The second kappa shape index (κ2) is 9.81. The molecule has 0 saturated carbocycles. The van der Waals surface area contributed by atoms with Gasteiger partial charge in [0.1, 0.15) is 16.5 Å². The molecule has 1 fully saturated rings. The molecule has 6 nitrogen and oxygen atoms in total.